The molecule has 0 unspecified atom stereocenters. The van der Waals surface area contributed by atoms with Gasteiger partial charge in [-0.05, 0) is 12.8 Å². The third-order valence-corrected chi connectivity index (χ3v) is 3.63. The van der Waals surface area contributed by atoms with Crippen molar-refractivity contribution in [3.05, 3.63) is 39.9 Å². The molecule has 0 heterocycles. The molecule has 0 radical (unpaired) electrons. The molecule has 25 heavy (non-hydrogen) atoms. The summed E-state index contributed by atoms with van der Waals surface area (Å²) in [5.74, 6) is -1.54. The minimum atomic E-state index is -0.751. The van der Waals surface area contributed by atoms with E-state index in [0.29, 0.717) is 0 Å². The molecule has 9 nitrogen and oxygen atoms in total. The fraction of sp³-hybridized carbons (Fsp3) is 0.438. The average Bonchev–Trinajstić information content (AvgIpc) is 3.36. The van der Waals surface area contributed by atoms with Gasteiger partial charge in [-0.15, -0.1) is 0 Å². The molecule has 1 aliphatic rings. The molecular formula is C16H19N3O6. The van der Waals surface area contributed by atoms with E-state index in [4.69, 9.17) is 4.74 Å². The molecule has 0 saturated heterocycles. The lowest BCUT2D eigenvalue weighted by Gasteiger charge is -2.16. The summed E-state index contributed by atoms with van der Waals surface area (Å²) >= 11 is 0. The molecule has 9 heteroatoms. The first-order valence-electron chi connectivity index (χ1n) is 7.78. The van der Waals surface area contributed by atoms with Gasteiger partial charge in [0, 0.05) is 24.7 Å². The van der Waals surface area contributed by atoms with E-state index < -0.39 is 23.4 Å². The Hall–Kier alpha value is -2.97. The summed E-state index contributed by atoms with van der Waals surface area (Å²) in [5.41, 5.74) is 0.0294. The predicted molar refractivity (Wildman–Crippen MR) is 86.6 cm³/mol. The summed E-state index contributed by atoms with van der Waals surface area (Å²) in [6.45, 7) is -0.635. The maximum atomic E-state index is 11.9. The molecule has 2 rings (SSSR count). The van der Waals surface area contributed by atoms with Crippen LogP contribution in [-0.4, -0.2) is 53.8 Å². The second kappa shape index (κ2) is 8.22. The minimum absolute atomic E-state index is 0.114. The van der Waals surface area contributed by atoms with Gasteiger partial charge in [0.15, 0.2) is 6.61 Å². The van der Waals surface area contributed by atoms with Crippen molar-refractivity contribution in [2.24, 2.45) is 0 Å². The van der Waals surface area contributed by atoms with Crippen LogP contribution in [0.3, 0.4) is 0 Å². The molecule has 2 amide bonds. The Kier molecular flexibility index (Phi) is 6.04. The van der Waals surface area contributed by atoms with Gasteiger partial charge in [-0.25, -0.2) is 0 Å². The van der Waals surface area contributed by atoms with E-state index >= 15 is 0 Å². The number of carbonyl (C=O) groups is 3. The Morgan fingerprint density at radius 1 is 1.32 bits per heavy atom. The van der Waals surface area contributed by atoms with Crippen LogP contribution in [0.2, 0.25) is 0 Å². The van der Waals surface area contributed by atoms with Crippen molar-refractivity contribution in [1.29, 1.82) is 0 Å². The zero-order valence-corrected chi connectivity index (χ0v) is 13.8. The highest BCUT2D eigenvalue weighted by Crippen LogP contribution is 2.19. The first kappa shape index (κ1) is 18.4. The van der Waals surface area contributed by atoms with E-state index in [1.165, 1.54) is 25.2 Å². The molecule has 0 spiro atoms. The van der Waals surface area contributed by atoms with Gasteiger partial charge in [-0.1, -0.05) is 18.2 Å². The van der Waals surface area contributed by atoms with Crippen molar-refractivity contribution < 1.29 is 24.0 Å². The van der Waals surface area contributed by atoms with Crippen molar-refractivity contribution in [3.8, 4) is 0 Å². The average molecular weight is 349 g/mol. The first-order valence-corrected chi connectivity index (χ1v) is 7.78. The van der Waals surface area contributed by atoms with Gasteiger partial charge in [0.25, 0.3) is 11.6 Å². The monoisotopic (exact) mass is 349 g/mol. The number of esters is 1. The van der Waals surface area contributed by atoms with Gasteiger partial charge >= 0.3 is 5.97 Å². The van der Waals surface area contributed by atoms with Gasteiger partial charge in [0.2, 0.25) is 5.91 Å². The van der Waals surface area contributed by atoms with Crippen LogP contribution in [0, 0.1) is 10.1 Å². The number of benzene rings is 1. The second-order valence-corrected chi connectivity index (χ2v) is 5.81. The topological polar surface area (TPSA) is 119 Å². The molecule has 0 aromatic heterocycles. The van der Waals surface area contributed by atoms with Crippen LogP contribution in [0.1, 0.15) is 18.4 Å². The van der Waals surface area contributed by atoms with E-state index in [-0.39, 0.29) is 36.2 Å². The fourth-order valence-corrected chi connectivity index (χ4v) is 2.10. The molecule has 0 atom stereocenters. The van der Waals surface area contributed by atoms with E-state index in [0.717, 1.165) is 17.7 Å². The number of rotatable bonds is 8. The highest BCUT2D eigenvalue weighted by atomic mass is 16.6. The lowest BCUT2D eigenvalue weighted by molar-refractivity contribution is -0.385. The van der Waals surface area contributed by atoms with Crippen molar-refractivity contribution in [2.75, 3.05) is 20.2 Å². The van der Waals surface area contributed by atoms with Gasteiger partial charge in [-0.3, -0.25) is 24.5 Å². The summed E-state index contributed by atoms with van der Waals surface area (Å²) < 4.78 is 4.85. The lowest BCUT2D eigenvalue weighted by atomic mass is 10.1. The maximum Gasteiger partial charge on any atom is 0.311 e. The van der Waals surface area contributed by atoms with Gasteiger partial charge in [0.05, 0.1) is 17.9 Å². The second-order valence-electron chi connectivity index (χ2n) is 5.81. The molecule has 134 valence electrons. The van der Waals surface area contributed by atoms with Gasteiger partial charge < -0.3 is 15.0 Å². The number of ether oxygens (including phenoxy) is 1. The summed E-state index contributed by atoms with van der Waals surface area (Å²) in [6.07, 6.45) is 1.59. The van der Waals surface area contributed by atoms with E-state index in [2.05, 4.69) is 5.32 Å². The number of likely N-dealkylation sites (N-methyl/N-ethyl adjacent to an activating group) is 1. The molecule has 0 aliphatic heterocycles. The van der Waals surface area contributed by atoms with E-state index in [1.54, 1.807) is 6.07 Å². The van der Waals surface area contributed by atoms with Crippen molar-refractivity contribution >= 4 is 23.5 Å². The van der Waals surface area contributed by atoms with Crippen LogP contribution in [0.5, 0.6) is 0 Å². The normalized spacial score (nSPS) is 13.0. The number of para-hydroxylation sites is 1. The number of nitrogens with one attached hydrogen (secondary N) is 1. The highest BCUT2D eigenvalue weighted by molar-refractivity contribution is 5.86. The molecule has 1 aliphatic carbocycles. The highest BCUT2D eigenvalue weighted by Gasteiger charge is 2.24. The summed E-state index contributed by atoms with van der Waals surface area (Å²) in [6, 6.07) is 6.02. The molecule has 1 N–H and O–H groups in total. The number of nitro benzene ring substituents is 1. The summed E-state index contributed by atoms with van der Waals surface area (Å²) in [4.78, 5) is 46.8. The number of nitro groups is 1. The quantitative estimate of drug-likeness (QED) is 0.413. The molecule has 0 bridgehead atoms. The zero-order valence-electron chi connectivity index (χ0n) is 13.8. The molecular weight excluding hydrogens is 330 g/mol. The molecule has 1 aromatic rings. The van der Waals surface area contributed by atoms with Crippen LogP contribution in [-0.2, 0) is 25.5 Å². The van der Waals surface area contributed by atoms with Crippen LogP contribution < -0.4 is 5.32 Å². The van der Waals surface area contributed by atoms with Crippen LogP contribution >= 0.6 is 0 Å². The molecule has 1 fully saturated rings. The Morgan fingerprint density at radius 2 is 2.00 bits per heavy atom. The SMILES string of the molecule is CN(CC(=O)NC1CC1)C(=O)COC(=O)Cc1ccccc1[N+](=O)[O-]. The maximum absolute atomic E-state index is 11.9. The van der Waals surface area contributed by atoms with Crippen LogP contribution in [0.25, 0.3) is 0 Å². The number of amides is 2. The smallest absolute Gasteiger partial charge is 0.311 e. The standard InChI is InChI=1S/C16H19N3O6/c1-18(9-14(20)17-12-6-7-12)15(21)10-25-16(22)8-11-4-2-3-5-13(11)19(23)24/h2-5,12H,6-10H2,1H3,(H,17,20). The zero-order chi connectivity index (χ0) is 18.4. The van der Waals surface area contributed by atoms with Crippen molar-refractivity contribution in [1.82, 2.24) is 10.2 Å². The van der Waals surface area contributed by atoms with Crippen molar-refractivity contribution in [3.63, 3.8) is 0 Å². The predicted octanol–water partition coefficient (Wildman–Crippen LogP) is 0.418. The Labute approximate surface area is 144 Å². The van der Waals surface area contributed by atoms with Crippen molar-refractivity contribution in [2.45, 2.75) is 25.3 Å². The van der Waals surface area contributed by atoms with Crippen LogP contribution in [0.15, 0.2) is 24.3 Å². The molecule has 1 saturated carbocycles. The Morgan fingerprint density at radius 3 is 2.64 bits per heavy atom. The number of hydrogen-bond donors (Lipinski definition) is 1. The third-order valence-electron chi connectivity index (χ3n) is 3.63. The minimum Gasteiger partial charge on any atom is -0.455 e. The fourth-order valence-electron chi connectivity index (χ4n) is 2.10. The van der Waals surface area contributed by atoms with Crippen LogP contribution in [0.4, 0.5) is 5.69 Å². The lowest BCUT2D eigenvalue weighted by Crippen LogP contribution is -2.40. The number of carbonyl (C=O) groups excluding carboxylic acids is 3. The summed E-state index contributed by atoms with van der Waals surface area (Å²) in [5, 5.41) is 13.6. The molecule has 1 aromatic carbocycles. The Balaban J connectivity index is 1.78. The Bertz CT molecular complexity index is 686. The number of hydrogen-bond acceptors (Lipinski definition) is 6. The van der Waals surface area contributed by atoms with E-state index in [1.807, 2.05) is 0 Å². The first-order chi connectivity index (χ1) is 11.9. The largest absolute Gasteiger partial charge is 0.455 e. The summed E-state index contributed by atoms with van der Waals surface area (Å²) in [7, 11) is 1.44. The third kappa shape index (κ3) is 5.87. The van der Waals surface area contributed by atoms with Gasteiger partial charge in [-0.2, -0.15) is 0 Å². The van der Waals surface area contributed by atoms with E-state index in [9.17, 15) is 24.5 Å². The van der Waals surface area contributed by atoms with Gasteiger partial charge in [0.1, 0.15) is 0 Å². The number of nitrogens with zero attached hydrogens (tertiary/aromatic N) is 2.